The Morgan fingerprint density at radius 2 is 1.89 bits per heavy atom. The van der Waals surface area contributed by atoms with E-state index in [4.69, 9.17) is 11.6 Å². The van der Waals surface area contributed by atoms with Crippen molar-refractivity contribution in [2.75, 3.05) is 5.75 Å². The second-order valence-corrected chi connectivity index (χ2v) is 7.71. The first-order valence-electron chi connectivity index (χ1n) is 8.66. The highest BCUT2D eigenvalue weighted by Gasteiger charge is 2.19. The molecule has 0 amide bonds. The molecule has 0 spiro atoms. The molecule has 4 nitrogen and oxygen atoms in total. The second kappa shape index (κ2) is 7.62. The van der Waals surface area contributed by atoms with E-state index in [0.29, 0.717) is 5.02 Å². The zero-order valence-corrected chi connectivity index (χ0v) is 16.7. The Hall–Kier alpha value is -2.50. The molecule has 1 aromatic heterocycles. The average molecular weight is 395 g/mol. The smallest absolute Gasteiger partial charge is 0.182 e. The van der Waals surface area contributed by atoms with Crippen LogP contribution in [0, 0.1) is 13.8 Å². The number of aliphatic imine (C=N–C) groups is 1. The number of nitrogens with zero attached hydrogens (tertiary/aromatic N) is 3. The molecule has 2 aromatic carbocycles. The number of benzene rings is 2. The molecule has 0 aliphatic carbocycles. The lowest BCUT2D eigenvalue weighted by Gasteiger charge is -2.15. The quantitative estimate of drug-likeness (QED) is 0.639. The third-order valence-electron chi connectivity index (χ3n) is 4.43. The molecule has 1 N–H and O–H groups in total. The van der Waals surface area contributed by atoms with Crippen LogP contribution >= 0.6 is 23.4 Å². The maximum Gasteiger partial charge on any atom is 0.182 e. The van der Waals surface area contributed by atoms with Gasteiger partial charge in [0.15, 0.2) is 5.17 Å². The molecule has 0 fully saturated rings. The fraction of sp³-hybridized carbons (Fsp3) is 0.143. The molecule has 0 radical (unpaired) electrons. The maximum absolute atomic E-state index is 6.02. The molecule has 136 valence electrons. The minimum atomic E-state index is 0.676. The van der Waals surface area contributed by atoms with E-state index in [1.165, 1.54) is 17.1 Å². The standard InChI is InChI=1S/C21H19ClN4S/c1-14-11-19(15(2)26(14)18-9-4-3-5-10-18)20-13-27-21(25-24-20)23-17-8-6-7-16(22)12-17/h3-12H,13H2,1-2H3,(H,23,25). The summed E-state index contributed by atoms with van der Waals surface area (Å²) in [6.07, 6.45) is 0. The molecule has 1 aliphatic heterocycles. The molecule has 1 aliphatic rings. The van der Waals surface area contributed by atoms with Gasteiger partial charge in [0, 0.05) is 33.4 Å². The minimum absolute atomic E-state index is 0.676. The summed E-state index contributed by atoms with van der Waals surface area (Å²) >= 11 is 7.67. The van der Waals surface area contributed by atoms with Gasteiger partial charge in [0.05, 0.1) is 11.4 Å². The summed E-state index contributed by atoms with van der Waals surface area (Å²) in [5.41, 5.74) is 9.64. The summed E-state index contributed by atoms with van der Waals surface area (Å²) in [4.78, 5) is 4.57. The predicted molar refractivity (Wildman–Crippen MR) is 116 cm³/mol. The molecule has 0 saturated carbocycles. The number of rotatable bonds is 3. The highest BCUT2D eigenvalue weighted by molar-refractivity contribution is 8.14. The van der Waals surface area contributed by atoms with Gasteiger partial charge < -0.3 is 4.57 Å². The van der Waals surface area contributed by atoms with Crippen molar-refractivity contribution in [3.05, 3.63) is 82.6 Å². The van der Waals surface area contributed by atoms with Crippen LogP contribution in [0.3, 0.4) is 0 Å². The van der Waals surface area contributed by atoms with Gasteiger partial charge in [0.2, 0.25) is 0 Å². The number of hydrogen-bond acceptors (Lipinski definition) is 3. The van der Waals surface area contributed by atoms with Crippen LogP contribution in [0.4, 0.5) is 5.69 Å². The van der Waals surface area contributed by atoms with E-state index in [1.807, 2.05) is 30.3 Å². The predicted octanol–water partition coefficient (Wildman–Crippen LogP) is 5.48. The number of para-hydroxylation sites is 1. The summed E-state index contributed by atoms with van der Waals surface area (Å²) < 4.78 is 2.26. The highest BCUT2D eigenvalue weighted by atomic mass is 35.5. The summed E-state index contributed by atoms with van der Waals surface area (Å²) in [7, 11) is 0. The molecule has 0 bridgehead atoms. The van der Waals surface area contributed by atoms with Crippen LogP contribution in [0.5, 0.6) is 0 Å². The van der Waals surface area contributed by atoms with E-state index < -0.39 is 0 Å². The molecule has 3 aromatic rings. The van der Waals surface area contributed by atoms with Crippen LogP contribution in [0.2, 0.25) is 5.02 Å². The first-order valence-corrected chi connectivity index (χ1v) is 10.0. The van der Waals surface area contributed by atoms with E-state index in [1.54, 1.807) is 11.8 Å². The Balaban J connectivity index is 1.60. The molecule has 2 heterocycles. The molecule has 27 heavy (non-hydrogen) atoms. The first-order chi connectivity index (χ1) is 13.1. The summed E-state index contributed by atoms with van der Waals surface area (Å²) in [5.74, 6) is 0.769. The van der Waals surface area contributed by atoms with Crippen molar-refractivity contribution in [3.63, 3.8) is 0 Å². The Morgan fingerprint density at radius 1 is 1.07 bits per heavy atom. The zero-order valence-electron chi connectivity index (χ0n) is 15.1. The van der Waals surface area contributed by atoms with Crippen LogP contribution in [-0.4, -0.2) is 21.2 Å². The summed E-state index contributed by atoms with van der Waals surface area (Å²) in [6, 6.07) is 20.1. The Kier molecular flexibility index (Phi) is 5.05. The third kappa shape index (κ3) is 3.80. The SMILES string of the molecule is Cc1cc(C2=NNC(=Nc3cccc(Cl)c3)SC2)c(C)n1-c1ccccc1. The lowest BCUT2D eigenvalue weighted by molar-refractivity contribution is 0.963. The van der Waals surface area contributed by atoms with Gasteiger partial charge in [-0.15, -0.1) is 0 Å². The van der Waals surface area contributed by atoms with Crippen molar-refractivity contribution >= 4 is 39.9 Å². The van der Waals surface area contributed by atoms with Crippen LogP contribution in [0.15, 0.2) is 70.8 Å². The number of aromatic nitrogens is 1. The van der Waals surface area contributed by atoms with Gasteiger partial charge >= 0.3 is 0 Å². The van der Waals surface area contributed by atoms with Gasteiger partial charge in [-0.05, 0) is 50.2 Å². The first kappa shape index (κ1) is 17.9. The van der Waals surface area contributed by atoms with Crippen molar-refractivity contribution in [2.24, 2.45) is 10.1 Å². The Morgan fingerprint density at radius 3 is 2.59 bits per heavy atom. The average Bonchev–Trinajstić information content (AvgIpc) is 2.97. The largest absolute Gasteiger partial charge is 0.318 e. The maximum atomic E-state index is 6.02. The number of halogens is 1. The van der Waals surface area contributed by atoms with Gasteiger partial charge in [-0.25, -0.2) is 4.99 Å². The van der Waals surface area contributed by atoms with Gasteiger partial charge in [0.25, 0.3) is 0 Å². The van der Waals surface area contributed by atoms with Crippen LogP contribution in [0.1, 0.15) is 17.0 Å². The topological polar surface area (TPSA) is 41.7 Å². The number of hydrogen-bond donors (Lipinski definition) is 1. The third-order valence-corrected chi connectivity index (χ3v) is 5.54. The molecule has 4 rings (SSSR count). The van der Waals surface area contributed by atoms with Crippen molar-refractivity contribution < 1.29 is 0 Å². The van der Waals surface area contributed by atoms with Crippen molar-refractivity contribution in [1.29, 1.82) is 0 Å². The number of hydrazone groups is 1. The van der Waals surface area contributed by atoms with Crippen molar-refractivity contribution in [1.82, 2.24) is 9.99 Å². The Labute approximate surface area is 168 Å². The van der Waals surface area contributed by atoms with Gasteiger partial charge in [-0.2, -0.15) is 5.10 Å². The van der Waals surface area contributed by atoms with E-state index in [0.717, 1.165) is 27.9 Å². The van der Waals surface area contributed by atoms with E-state index in [-0.39, 0.29) is 0 Å². The second-order valence-electron chi connectivity index (χ2n) is 6.31. The number of thioether (sulfide) groups is 1. The van der Waals surface area contributed by atoms with Crippen LogP contribution in [-0.2, 0) is 0 Å². The summed E-state index contributed by atoms with van der Waals surface area (Å²) in [5, 5.41) is 6.03. The monoisotopic (exact) mass is 394 g/mol. The number of amidine groups is 1. The van der Waals surface area contributed by atoms with Gasteiger partial charge in [-0.1, -0.05) is 47.6 Å². The molecular weight excluding hydrogens is 376 g/mol. The lowest BCUT2D eigenvalue weighted by atomic mass is 10.1. The van der Waals surface area contributed by atoms with Crippen molar-refractivity contribution in [2.45, 2.75) is 13.8 Å². The highest BCUT2D eigenvalue weighted by Crippen LogP contribution is 2.25. The normalized spacial score (nSPS) is 15.5. The minimum Gasteiger partial charge on any atom is -0.318 e. The molecule has 6 heteroatoms. The van der Waals surface area contributed by atoms with Gasteiger partial charge in [-0.3, -0.25) is 5.43 Å². The number of nitrogens with one attached hydrogen (secondary N) is 1. The molecular formula is C21H19ClN4S. The van der Waals surface area contributed by atoms with E-state index in [2.05, 4.69) is 64.3 Å². The summed E-state index contributed by atoms with van der Waals surface area (Å²) in [6.45, 7) is 4.26. The van der Waals surface area contributed by atoms with Crippen molar-refractivity contribution in [3.8, 4) is 5.69 Å². The molecule has 0 unspecified atom stereocenters. The number of aryl methyl sites for hydroxylation is 1. The van der Waals surface area contributed by atoms with Crippen LogP contribution < -0.4 is 5.43 Å². The van der Waals surface area contributed by atoms with E-state index in [9.17, 15) is 0 Å². The Bertz CT molecular complexity index is 1040. The fourth-order valence-electron chi connectivity index (χ4n) is 3.20. The van der Waals surface area contributed by atoms with Gasteiger partial charge in [0.1, 0.15) is 0 Å². The zero-order chi connectivity index (χ0) is 18.8. The molecule has 0 saturated heterocycles. The van der Waals surface area contributed by atoms with Crippen LogP contribution in [0.25, 0.3) is 5.69 Å². The van der Waals surface area contributed by atoms with E-state index >= 15 is 0 Å². The fourth-order valence-corrected chi connectivity index (χ4v) is 4.16. The lowest BCUT2D eigenvalue weighted by Crippen LogP contribution is -2.25. The molecule has 0 atom stereocenters.